The van der Waals surface area contributed by atoms with Crippen molar-refractivity contribution in [3.05, 3.63) is 26.6 Å². The number of thiophene rings is 1. The zero-order valence-corrected chi connectivity index (χ0v) is 18.5. The van der Waals surface area contributed by atoms with E-state index in [1.165, 1.54) is 11.3 Å². The molecule has 1 saturated carbocycles. The molecule has 2 aliphatic rings. The van der Waals surface area contributed by atoms with Gasteiger partial charge in [-0.25, -0.2) is 9.78 Å². The lowest BCUT2D eigenvalue weighted by atomic mass is 9.87. The number of carbonyl (C=O) groups is 2. The molecule has 0 spiro atoms. The maximum atomic E-state index is 13.0. The molecule has 0 saturated heterocycles. The number of aryl methyl sites for hydroxylation is 2. The molecule has 0 atom stereocenters. The Bertz CT molecular complexity index is 1020. The molecule has 0 radical (unpaired) electrons. The lowest BCUT2D eigenvalue weighted by Crippen LogP contribution is -2.39. The van der Waals surface area contributed by atoms with Gasteiger partial charge in [-0.15, -0.1) is 11.3 Å². The Morgan fingerprint density at radius 3 is 2.73 bits per heavy atom. The van der Waals surface area contributed by atoms with Crippen LogP contribution in [0.15, 0.2) is 4.79 Å². The second-order valence-electron chi connectivity index (χ2n) is 8.63. The molecule has 0 aromatic carbocycles. The van der Waals surface area contributed by atoms with Gasteiger partial charge in [0, 0.05) is 19.0 Å². The van der Waals surface area contributed by atoms with Gasteiger partial charge in [-0.1, -0.05) is 13.3 Å². The minimum Gasteiger partial charge on any atom is -0.451 e. The normalized spacial score (nSPS) is 21.7. The number of nitrogens with one attached hydrogen (secondary N) is 1. The number of amides is 1. The van der Waals surface area contributed by atoms with Crippen molar-refractivity contribution in [1.29, 1.82) is 0 Å². The van der Waals surface area contributed by atoms with E-state index in [2.05, 4.69) is 17.2 Å². The number of esters is 1. The lowest BCUT2D eigenvalue weighted by molar-refractivity contribution is -0.125. The van der Waals surface area contributed by atoms with E-state index in [9.17, 15) is 14.4 Å². The molecular weight excluding hydrogens is 402 g/mol. The minimum atomic E-state index is -0.567. The van der Waals surface area contributed by atoms with Crippen molar-refractivity contribution in [2.24, 2.45) is 5.92 Å². The highest BCUT2D eigenvalue weighted by atomic mass is 32.1. The topological polar surface area (TPSA) is 90.3 Å². The molecule has 1 aliphatic carbocycles. The van der Waals surface area contributed by atoms with E-state index < -0.39 is 5.97 Å². The van der Waals surface area contributed by atoms with E-state index in [0.717, 1.165) is 57.2 Å². The zero-order valence-electron chi connectivity index (χ0n) is 17.7. The van der Waals surface area contributed by atoms with Crippen LogP contribution in [0.5, 0.6) is 0 Å². The number of fused-ring (bicyclic) bond motifs is 2. The summed E-state index contributed by atoms with van der Waals surface area (Å²) in [6, 6.07) is 0.165. The lowest BCUT2D eigenvalue weighted by Gasteiger charge is -2.26. The van der Waals surface area contributed by atoms with Crippen molar-refractivity contribution < 1.29 is 14.3 Å². The quantitative estimate of drug-likeness (QED) is 0.750. The van der Waals surface area contributed by atoms with Gasteiger partial charge in [0.05, 0.1) is 5.39 Å². The molecule has 8 heteroatoms. The molecule has 1 fully saturated rings. The van der Waals surface area contributed by atoms with E-state index in [4.69, 9.17) is 4.74 Å². The fourth-order valence-corrected chi connectivity index (χ4v) is 5.56. The van der Waals surface area contributed by atoms with Gasteiger partial charge >= 0.3 is 5.97 Å². The fraction of sp³-hybridized carbons (Fsp3) is 0.636. The van der Waals surface area contributed by atoms with E-state index in [-0.39, 0.29) is 24.1 Å². The van der Waals surface area contributed by atoms with Crippen LogP contribution in [-0.4, -0.2) is 34.1 Å². The maximum Gasteiger partial charge on any atom is 0.349 e. The summed E-state index contributed by atoms with van der Waals surface area (Å²) in [7, 11) is 0. The smallest absolute Gasteiger partial charge is 0.349 e. The average Bonchev–Trinajstić information content (AvgIpc) is 2.89. The summed E-state index contributed by atoms with van der Waals surface area (Å²) in [5.41, 5.74) is 0.521. The van der Waals surface area contributed by atoms with Crippen LogP contribution < -0.4 is 10.9 Å². The van der Waals surface area contributed by atoms with Gasteiger partial charge in [0.2, 0.25) is 0 Å². The summed E-state index contributed by atoms with van der Waals surface area (Å²) in [5.74, 6) is 0.668. The largest absolute Gasteiger partial charge is 0.451 e. The molecule has 4 rings (SSSR count). The van der Waals surface area contributed by atoms with Gasteiger partial charge < -0.3 is 10.1 Å². The first-order chi connectivity index (χ1) is 14.4. The van der Waals surface area contributed by atoms with E-state index in [0.29, 0.717) is 33.1 Å². The van der Waals surface area contributed by atoms with Crippen LogP contribution in [0.3, 0.4) is 0 Å². The Morgan fingerprint density at radius 1 is 1.20 bits per heavy atom. The third kappa shape index (κ3) is 4.29. The SMILES string of the molecule is Cc1c(C(=O)OCC(=O)NC2CCC(C)CC2)sc2nc3n(c(=O)c12)CCCCC3. The highest BCUT2D eigenvalue weighted by Crippen LogP contribution is 2.29. The number of hydrogen-bond donors (Lipinski definition) is 1. The molecule has 7 nitrogen and oxygen atoms in total. The summed E-state index contributed by atoms with van der Waals surface area (Å²) in [5, 5.41) is 3.46. The average molecular weight is 432 g/mol. The maximum absolute atomic E-state index is 13.0. The van der Waals surface area contributed by atoms with Crippen LogP contribution in [0.1, 0.15) is 72.9 Å². The first-order valence-corrected chi connectivity index (χ1v) is 11.7. The number of rotatable bonds is 4. The van der Waals surface area contributed by atoms with Crippen LogP contribution in [0.25, 0.3) is 10.2 Å². The number of aromatic nitrogens is 2. The van der Waals surface area contributed by atoms with Gasteiger partial charge in [0.15, 0.2) is 6.61 Å². The summed E-state index contributed by atoms with van der Waals surface area (Å²) < 4.78 is 7.02. The number of ether oxygens (including phenoxy) is 1. The van der Waals surface area contributed by atoms with Crippen LogP contribution in [-0.2, 0) is 22.5 Å². The van der Waals surface area contributed by atoms with Gasteiger partial charge in [0.25, 0.3) is 11.5 Å². The molecule has 0 unspecified atom stereocenters. The van der Waals surface area contributed by atoms with E-state index in [1.54, 1.807) is 11.5 Å². The number of carbonyl (C=O) groups excluding carboxylic acids is 2. The fourth-order valence-electron chi connectivity index (χ4n) is 4.47. The molecule has 1 amide bonds. The van der Waals surface area contributed by atoms with Crippen molar-refractivity contribution in [3.63, 3.8) is 0 Å². The molecule has 0 bridgehead atoms. The van der Waals surface area contributed by atoms with Gasteiger partial charge in [-0.05, 0) is 56.9 Å². The van der Waals surface area contributed by atoms with Crippen molar-refractivity contribution >= 4 is 33.4 Å². The minimum absolute atomic E-state index is 0.0750. The van der Waals surface area contributed by atoms with E-state index in [1.807, 2.05) is 0 Å². The summed E-state index contributed by atoms with van der Waals surface area (Å²) in [4.78, 5) is 43.4. The van der Waals surface area contributed by atoms with E-state index >= 15 is 0 Å². The Hall–Kier alpha value is -2.22. The first kappa shape index (κ1) is 21.0. The molecule has 3 heterocycles. The Kier molecular flexibility index (Phi) is 6.22. The van der Waals surface area contributed by atoms with Crippen molar-refractivity contribution in [2.45, 2.75) is 77.8 Å². The van der Waals surface area contributed by atoms with Crippen LogP contribution >= 0.6 is 11.3 Å². The Balaban J connectivity index is 1.46. The Labute approximate surface area is 179 Å². The molecular formula is C22H29N3O4S. The molecule has 2 aromatic rings. The van der Waals surface area contributed by atoms with Crippen LogP contribution in [0, 0.1) is 12.8 Å². The third-order valence-electron chi connectivity index (χ3n) is 6.31. The van der Waals surface area contributed by atoms with Crippen molar-refractivity contribution in [2.75, 3.05) is 6.61 Å². The number of nitrogens with zero attached hydrogens (tertiary/aromatic N) is 2. The summed E-state index contributed by atoms with van der Waals surface area (Å²) in [6.07, 6.45) is 8.01. The van der Waals surface area contributed by atoms with Crippen LogP contribution in [0.4, 0.5) is 0 Å². The highest BCUT2D eigenvalue weighted by Gasteiger charge is 2.24. The molecule has 30 heavy (non-hydrogen) atoms. The van der Waals surface area contributed by atoms with Gasteiger partial charge in [-0.3, -0.25) is 14.2 Å². The van der Waals surface area contributed by atoms with Crippen molar-refractivity contribution in [3.8, 4) is 0 Å². The molecule has 2 aromatic heterocycles. The predicted molar refractivity (Wildman–Crippen MR) is 116 cm³/mol. The van der Waals surface area contributed by atoms with Gasteiger partial charge in [-0.2, -0.15) is 0 Å². The molecule has 1 aliphatic heterocycles. The molecule has 1 N–H and O–H groups in total. The number of hydrogen-bond acceptors (Lipinski definition) is 6. The second-order valence-corrected chi connectivity index (χ2v) is 9.63. The monoisotopic (exact) mass is 431 g/mol. The Morgan fingerprint density at radius 2 is 1.97 bits per heavy atom. The van der Waals surface area contributed by atoms with Crippen molar-refractivity contribution in [1.82, 2.24) is 14.9 Å². The summed E-state index contributed by atoms with van der Waals surface area (Å²) >= 11 is 1.18. The zero-order chi connectivity index (χ0) is 21.3. The van der Waals surface area contributed by atoms with Crippen LogP contribution in [0.2, 0.25) is 0 Å². The van der Waals surface area contributed by atoms with Gasteiger partial charge in [0.1, 0.15) is 15.5 Å². The third-order valence-corrected chi connectivity index (χ3v) is 7.48. The molecule has 162 valence electrons. The first-order valence-electron chi connectivity index (χ1n) is 10.9. The highest BCUT2D eigenvalue weighted by molar-refractivity contribution is 7.20. The second kappa shape index (κ2) is 8.88. The standard InChI is InChI=1S/C22H29N3O4S/c1-13-7-9-15(10-8-13)23-17(26)12-29-22(28)19-14(2)18-20(30-19)24-16-6-4-3-5-11-25(16)21(18)27/h13,15H,3-12H2,1-2H3,(H,23,26). The predicted octanol–water partition coefficient (Wildman–Crippen LogP) is 3.34. The summed E-state index contributed by atoms with van der Waals surface area (Å²) in [6.45, 7) is 4.35.